The molecule has 4 heteroatoms. The molecule has 2 rings (SSSR count). The molecule has 4 N–H and O–H groups in total. The van der Waals surface area contributed by atoms with E-state index in [9.17, 15) is 5.11 Å². The quantitative estimate of drug-likeness (QED) is 0.553. The lowest BCUT2D eigenvalue weighted by atomic mass is 10.0. The number of nitrogens with zero attached hydrogens (tertiary/aromatic N) is 1. The molecule has 0 radical (unpaired) electrons. The van der Waals surface area contributed by atoms with Crippen LogP contribution in [0.1, 0.15) is 29.5 Å². The van der Waals surface area contributed by atoms with Gasteiger partial charge in [-0.15, -0.1) is 0 Å². The van der Waals surface area contributed by atoms with Crippen molar-refractivity contribution in [3.8, 4) is 0 Å². The number of nitrogen functional groups attached to an aromatic ring is 1. The van der Waals surface area contributed by atoms with Crippen LogP contribution in [0.4, 0.5) is 0 Å². The van der Waals surface area contributed by atoms with Crippen molar-refractivity contribution in [2.24, 2.45) is 5.73 Å². The van der Waals surface area contributed by atoms with E-state index >= 15 is 0 Å². The second-order valence-corrected chi connectivity index (χ2v) is 5.00. The Kier molecular flexibility index (Phi) is 3.99. The Morgan fingerprint density at radius 1 is 1.56 bits per heavy atom. The molecule has 1 aliphatic heterocycles. The molecule has 0 aromatic heterocycles. The van der Waals surface area contributed by atoms with Crippen molar-refractivity contribution in [3.63, 3.8) is 0 Å². The van der Waals surface area contributed by atoms with E-state index in [2.05, 4.69) is 4.90 Å². The fourth-order valence-corrected chi connectivity index (χ4v) is 2.57. The van der Waals surface area contributed by atoms with Gasteiger partial charge in [-0.3, -0.25) is 10.3 Å². The van der Waals surface area contributed by atoms with Crippen LogP contribution >= 0.6 is 0 Å². The molecular formula is C14H21N3O. The maximum absolute atomic E-state index is 9.31. The molecule has 0 amide bonds. The minimum atomic E-state index is 0.110. The smallest absolute Gasteiger partial charge is 0.122 e. The van der Waals surface area contributed by atoms with Gasteiger partial charge in [0.15, 0.2) is 0 Å². The Hall–Kier alpha value is -1.39. The van der Waals surface area contributed by atoms with E-state index in [1.54, 1.807) is 0 Å². The summed E-state index contributed by atoms with van der Waals surface area (Å²) >= 11 is 0. The first-order chi connectivity index (χ1) is 8.61. The summed E-state index contributed by atoms with van der Waals surface area (Å²) in [6, 6.07) is 6.20. The van der Waals surface area contributed by atoms with Gasteiger partial charge in [-0.05, 0) is 43.5 Å². The normalized spacial score (nSPS) is 20.2. The summed E-state index contributed by atoms with van der Waals surface area (Å²) in [5, 5.41) is 16.7. The minimum Gasteiger partial charge on any atom is -0.395 e. The molecule has 0 aliphatic carbocycles. The fraction of sp³-hybridized carbons (Fsp3) is 0.500. The van der Waals surface area contributed by atoms with Gasteiger partial charge in [-0.2, -0.15) is 0 Å². The predicted octanol–water partition coefficient (Wildman–Crippen LogP) is 1.24. The van der Waals surface area contributed by atoms with Gasteiger partial charge in [0.05, 0.1) is 6.61 Å². The van der Waals surface area contributed by atoms with Crippen LogP contribution < -0.4 is 5.73 Å². The number of nitrogens with one attached hydrogen (secondary N) is 1. The lowest BCUT2D eigenvalue weighted by Crippen LogP contribution is -2.31. The zero-order valence-electron chi connectivity index (χ0n) is 10.8. The van der Waals surface area contributed by atoms with Gasteiger partial charge in [0, 0.05) is 18.2 Å². The average molecular weight is 247 g/mol. The van der Waals surface area contributed by atoms with E-state index in [1.807, 2.05) is 25.1 Å². The highest BCUT2D eigenvalue weighted by Crippen LogP contribution is 2.21. The second-order valence-electron chi connectivity index (χ2n) is 5.00. The van der Waals surface area contributed by atoms with Crippen molar-refractivity contribution in [2.75, 3.05) is 13.2 Å². The summed E-state index contributed by atoms with van der Waals surface area (Å²) in [5.41, 5.74) is 8.66. The first-order valence-electron chi connectivity index (χ1n) is 6.40. The lowest BCUT2D eigenvalue weighted by Gasteiger charge is -2.23. The third-order valence-corrected chi connectivity index (χ3v) is 3.74. The lowest BCUT2D eigenvalue weighted by molar-refractivity contribution is 0.153. The number of likely N-dealkylation sites (tertiary alicyclic amines) is 1. The Morgan fingerprint density at radius 3 is 2.94 bits per heavy atom. The topological polar surface area (TPSA) is 73.3 Å². The van der Waals surface area contributed by atoms with Gasteiger partial charge in [0.25, 0.3) is 0 Å². The van der Waals surface area contributed by atoms with Crippen molar-refractivity contribution < 1.29 is 5.11 Å². The highest BCUT2D eigenvalue weighted by molar-refractivity contribution is 5.95. The number of aliphatic hydroxyl groups is 1. The van der Waals surface area contributed by atoms with Crippen LogP contribution in [0.15, 0.2) is 18.2 Å². The number of benzene rings is 1. The maximum Gasteiger partial charge on any atom is 0.122 e. The molecule has 0 saturated carbocycles. The highest BCUT2D eigenvalue weighted by atomic mass is 16.3. The summed E-state index contributed by atoms with van der Waals surface area (Å²) in [5.74, 6) is 0.110. The number of aliphatic hydroxyl groups excluding tert-OH is 1. The Bertz CT molecular complexity index is 445. The molecule has 1 unspecified atom stereocenters. The second kappa shape index (κ2) is 5.50. The minimum absolute atomic E-state index is 0.110. The van der Waals surface area contributed by atoms with Crippen LogP contribution in [-0.2, 0) is 6.54 Å². The van der Waals surface area contributed by atoms with Gasteiger partial charge < -0.3 is 10.8 Å². The Labute approximate surface area is 108 Å². The van der Waals surface area contributed by atoms with Crippen molar-refractivity contribution in [1.82, 2.24) is 4.90 Å². The molecule has 0 bridgehead atoms. The average Bonchev–Trinajstić information content (AvgIpc) is 2.78. The van der Waals surface area contributed by atoms with Crippen molar-refractivity contribution in [1.29, 1.82) is 5.41 Å². The van der Waals surface area contributed by atoms with Gasteiger partial charge in [-0.25, -0.2) is 0 Å². The number of hydrogen-bond donors (Lipinski definition) is 3. The molecule has 1 aliphatic rings. The SMILES string of the molecule is Cc1cc(C(=N)N)ccc1CN1CCCC1CO. The van der Waals surface area contributed by atoms with Crippen molar-refractivity contribution >= 4 is 5.84 Å². The Balaban J connectivity index is 2.12. The van der Waals surface area contributed by atoms with E-state index in [-0.39, 0.29) is 12.4 Å². The molecule has 1 aromatic carbocycles. The van der Waals surface area contributed by atoms with E-state index in [4.69, 9.17) is 11.1 Å². The highest BCUT2D eigenvalue weighted by Gasteiger charge is 2.23. The van der Waals surface area contributed by atoms with Crippen LogP contribution in [0.2, 0.25) is 0 Å². The van der Waals surface area contributed by atoms with Gasteiger partial charge >= 0.3 is 0 Å². The summed E-state index contributed by atoms with van der Waals surface area (Å²) in [4.78, 5) is 2.33. The van der Waals surface area contributed by atoms with Crippen LogP contribution in [0.3, 0.4) is 0 Å². The molecule has 4 nitrogen and oxygen atoms in total. The zero-order chi connectivity index (χ0) is 13.1. The van der Waals surface area contributed by atoms with Gasteiger partial charge in [-0.1, -0.05) is 12.1 Å². The molecule has 1 heterocycles. The number of aryl methyl sites for hydroxylation is 1. The number of amidine groups is 1. The van der Waals surface area contributed by atoms with Crippen LogP contribution in [0.25, 0.3) is 0 Å². The molecule has 98 valence electrons. The predicted molar refractivity (Wildman–Crippen MR) is 72.7 cm³/mol. The third-order valence-electron chi connectivity index (χ3n) is 3.74. The molecule has 1 atom stereocenters. The first-order valence-corrected chi connectivity index (χ1v) is 6.40. The molecule has 1 aromatic rings. The van der Waals surface area contributed by atoms with E-state index in [1.165, 1.54) is 5.56 Å². The zero-order valence-corrected chi connectivity index (χ0v) is 10.8. The van der Waals surface area contributed by atoms with Crippen molar-refractivity contribution in [2.45, 2.75) is 32.4 Å². The molecule has 1 saturated heterocycles. The molecule has 18 heavy (non-hydrogen) atoms. The summed E-state index contributed by atoms with van der Waals surface area (Å²) in [6.45, 7) is 4.21. The van der Waals surface area contributed by atoms with Crippen LogP contribution in [-0.4, -0.2) is 35.0 Å². The van der Waals surface area contributed by atoms with E-state index in [0.717, 1.165) is 37.1 Å². The fourth-order valence-electron chi connectivity index (χ4n) is 2.57. The maximum atomic E-state index is 9.31. The summed E-state index contributed by atoms with van der Waals surface area (Å²) in [6.07, 6.45) is 2.25. The number of rotatable bonds is 4. The Morgan fingerprint density at radius 2 is 2.33 bits per heavy atom. The molecule has 0 spiro atoms. The standard InChI is InChI=1S/C14H21N3O/c1-10-7-11(14(15)16)4-5-12(10)8-17-6-2-3-13(17)9-18/h4-5,7,13,18H,2-3,6,8-9H2,1H3,(H3,15,16). The third kappa shape index (κ3) is 2.71. The van der Waals surface area contributed by atoms with E-state index in [0.29, 0.717) is 6.04 Å². The largest absolute Gasteiger partial charge is 0.395 e. The van der Waals surface area contributed by atoms with Crippen molar-refractivity contribution in [3.05, 3.63) is 34.9 Å². The number of nitrogens with two attached hydrogens (primary N) is 1. The van der Waals surface area contributed by atoms with Crippen LogP contribution in [0.5, 0.6) is 0 Å². The monoisotopic (exact) mass is 247 g/mol. The van der Waals surface area contributed by atoms with E-state index < -0.39 is 0 Å². The first kappa shape index (κ1) is 13.1. The molecule has 1 fully saturated rings. The summed E-state index contributed by atoms with van der Waals surface area (Å²) in [7, 11) is 0. The summed E-state index contributed by atoms with van der Waals surface area (Å²) < 4.78 is 0. The van der Waals surface area contributed by atoms with Gasteiger partial charge in [0.1, 0.15) is 5.84 Å². The molecular weight excluding hydrogens is 226 g/mol. The van der Waals surface area contributed by atoms with Crippen LogP contribution in [0, 0.1) is 12.3 Å². The number of hydrogen-bond acceptors (Lipinski definition) is 3. The van der Waals surface area contributed by atoms with Gasteiger partial charge in [0.2, 0.25) is 0 Å².